The first kappa shape index (κ1) is 15.9. The lowest BCUT2D eigenvalue weighted by molar-refractivity contribution is -0.126. The van der Waals surface area contributed by atoms with Crippen LogP contribution in [-0.4, -0.2) is 66.5 Å². The molecule has 0 spiro atoms. The summed E-state index contributed by atoms with van der Waals surface area (Å²) in [4.78, 5) is 21.1. The van der Waals surface area contributed by atoms with Crippen molar-refractivity contribution in [2.24, 2.45) is 0 Å². The standard InChI is InChI=1S/C16H26N4O/c1-13-5-4-7-17-15(13)6-8-18-16(21)14(2)20-11-9-19(3)10-12-20/h4-5,7,14H,6,8-12H2,1-3H3,(H,18,21). The minimum atomic E-state index is -0.0523. The molecule has 1 unspecified atom stereocenters. The third-order valence-electron chi connectivity index (χ3n) is 4.24. The van der Waals surface area contributed by atoms with Gasteiger partial charge in [0.25, 0.3) is 0 Å². The number of carbonyl (C=O) groups excluding carboxylic acids is 1. The fourth-order valence-electron chi connectivity index (χ4n) is 2.61. The molecule has 1 amide bonds. The van der Waals surface area contributed by atoms with Crippen molar-refractivity contribution >= 4 is 5.91 Å². The molecule has 116 valence electrons. The SMILES string of the molecule is Cc1cccnc1CCNC(=O)C(C)N1CCN(C)CC1. The van der Waals surface area contributed by atoms with Crippen molar-refractivity contribution in [1.29, 1.82) is 0 Å². The second kappa shape index (κ2) is 7.52. The molecule has 1 aromatic heterocycles. The molecular weight excluding hydrogens is 264 g/mol. The first-order valence-electron chi connectivity index (χ1n) is 7.68. The van der Waals surface area contributed by atoms with Gasteiger partial charge in [-0.25, -0.2) is 0 Å². The maximum atomic E-state index is 12.2. The molecule has 2 heterocycles. The summed E-state index contributed by atoms with van der Waals surface area (Å²) in [6.45, 7) is 8.68. The summed E-state index contributed by atoms with van der Waals surface area (Å²) in [5.74, 6) is 0.119. The number of carbonyl (C=O) groups is 1. The normalized spacial score (nSPS) is 18.4. The molecule has 2 rings (SSSR count). The van der Waals surface area contributed by atoms with Crippen LogP contribution in [0, 0.1) is 6.92 Å². The third kappa shape index (κ3) is 4.51. The number of aromatic nitrogens is 1. The Morgan fingerprint density at radius 2 is 2.10 bits per heavy atom. The highest BCUT2D eigenvalue weighted by Gasteiger charge is 2.23. The fraction of sp³-hybridized carbons (Fsp3) is 0.625. The minimum absolute atomic E-state index is 0.0523. The number of nitrogens with zero attached hydrogens (tertiary/aromatic N) is 3. The highest BCUT2D eigenvalue weighted by molar-refractivity contribution is 5.81. The Morgan fingerprint density at radius 1 is 1.38 bits per heavy atom. The van der Waals surface area contributed by atoms with E-state index in [1.807, 2.05) is 13.0 Å². The summed E-state index contributed by atoms with van der Waals surface area (Å²) >= 11 is 0. The van der Waals surface area contributed by atoms with Crippen molar-refractivity contribution in [3.63, 3.8) is 0 Å². The Hall–Kier alpha value is -1.46. The summed E-state index contributed by atoms with van der Waals surface area (Å²) in [5.41, 5.74) is 2.24. The first-order chi connectivity index (χ1) is 10.1. The summed E-state index contributed by atoms with van der Waals surface area (Å²) in [6, 6.07) is 3.94. The summed E-state index contributed by atoms with van der Waals surface area (Å²) < 4.78 is 0. The van der Waals surface area contributed by atoms with Crippen LogP contribution < -0.4 is 5.32 Å². The molecule has 1 saturated heterocycles. The topological polar surface area (TPSA) is 48.5 Å². The number of hydrogen-bond acceptors (Lipinski definition) is 4. The smallest absolute Gasteiger partial charge is 0.237 e. The van der Waals surface area contributed by atoms with Crippen LogP contribution in [0.15, 0.2) is 18.3 Å². The van der Waals surface area contributed by atoms with E-state index >= 15 is 0 Å². The van der Waals surface area contributed by atoms with E-state index in [-0.39, 0.29) is 11.9 Å². The fourth-order valence-corrected chi connectivity index (χ4v) is 2.61. The van der Waals surface area contributed by atoms with Crippen molar-refractivity contribution < 1.29 is 4.79 Å². The van der Waals surface area contributed by atoms with Gasteiger partial charge in [0, 0.05) is 51.0 Å². The number of pyridine rings is 1. The van der Waals surface area contributed by atoms with Gasteiger partial charge in [-0.15, -0.1) is 0 Å². The predicted molar refractivity (Wildman–Crippen MR) is 84.2 cm³/mol. The van der Waals surface area contributed by atoms with Crippen LogP contribution in [0.2, 0.25) is 0 Å². The number of piperazine rings is 1. The molecule has 0 saturated carbocycles. The molecule has 0 radical (unpaired) electrons. The molecule has 1 aliphatic heterocycles. The molecule has 5 nitrogen and oxygen atoms in total. The average molecular weight is 290 g/mol. The zero-order chi connectivity index (χ0) is 15.2. The maximum Gasteiger partial charge on any atom is 0.237 e. The van der Waals surface area contributed by atoms with Gasteiger partial charge < -0.3 is 10.2 Å². The summed E-state index contributed by atoms with van der Waals surface area (Å²) in [6.07, 6.45) is 2.59. The zero-order valence-electron chi connectivity index (χ0n) is 13.3. The quantitative estimate of drug-likeness (QED) is 0.866. The Bertz CT molecular complexity index is 469. The van der Waals surface area contributed by atoms with Gasteiger partial charge in [-0.05, 0) is 32.5 Å². The Labute approximate surface area is 127 Å². The molecule has 1 aliphatic rings. The van der Waals surface area contributed by atoms with E-state index in [0.29, 0.717) is 6.54 Å². The molecule has 0 aliphatic carbocycles. The number of amides is 1. The van der Waals surface area contributed by atoms with Gasteiger partial charge in [0.15, 0.2) is 0 Å². The Kier molecular flexibility index (Phi) is 5.70. The van der Waals surface area contributed by atoms with Crippen molar-refractivity contribution in [3.05, 3.63) is 29.6 Å². The molecule has 1 fully saturated rings. The summed E-state index contributed by atoms with van der Waals surface area (Å²) in [7, 11) is 2.12. The van der Waals surface area contributed by atoms with Crippen LogP contribution in [0.25, 0.3) is 0 Å². The molecule has 5 heteroatoms. The average Bonchev–Trinajstić information content (AvgIpc) is 2.49. The van der Waals surface area contributed by atoms with Gasteiger partial charge >= 0.3 is 0 Å². The van der Waals surface area contributed by atoms with Gasteiger partial charge in [-0.1, -0.05) is 6.07 Å². The van der Waals surface area contributed by atoms with E-state index in [2.05, 4.69) is 40.1 Å². The van der Waals surface area contributed by atoms with E-state index in [9.17, 15) is 4.79 Å². The van der Waals surface area contributed by atoms with E-state index in [0.717, 1.165) is 38.3 Å². The molecule has 0 aromatic carbocycles. The highest BCUT2D eigenvalue weighted by atomic mass is 16.2. The van der Waals surface area contributed by atoms with E-state index < -0.39 is 0 Å². The molecule has 0 bridgehead atoms. The van der Waals surface area contributed by atoms with Crippen LogP contribution in [0.5, 0.6) is 0 Å². The molecule has 21 heavy (non-hydrogen) atoms. The molecule has 1 N–H and O–H groups in total. The van der Waals surface area contributed by atoms with Crippen molar-refractivity contribution in [2.45, 2.75) is 26.3 Å². The summed E-state index contributed by atoms with van der Waals surface area (Å²) in [5, 5.41) is 3.03. The van der Waals surface area contributed by atoms with Gasteiger partial charge in [0.1, 0.15) is 0 Å². The third-order valence-corrected chi connectivity index (χ3v) is 4.24. The minimum Gasteiger partial charge on any atom is -0.354 e. The Morgan fingerprint density at radius 3 is 2.76 bits per heavy atom. The lowest BCUT2D eigenvalue weighted by Crippen LogP contribution is -2.53. The maximum absolute atomic E-state index is 12.2. The van der Waals surface area contributed by atoms with Crippen LogP contribution >= 0.6 is 0 Å². The Balaban J connectivity index is 1.75. The van der Waals surface area contributed by atoms with E-state index in [4.69, 9.17) is 0 Å². The lowest BCUT2D eigenvalue weighted by Gasteiger charge is -2.35. The van der Waals surface area contributed by atoms with E-state index in [1.54, 1.807) is 6.20 Å². The second-order valence-electron chi connectivity index (χ2n) is 5.82. The van der Waals surface area contributed by atoms with E-state index in [1.165, 1.54) is 5.56 Å². The zero-order valence-corrected chi connectivity index (χ0v) is 13.3. The van der Waals surface area contributed by atoms with Gasteiger partial charge in [0.05, 0.1) is 6.04 Å². The largest absolute Gasteiger partial charge is 0.354 e. The number of rotatable bonds is 5. The molecule has 1 aromatic rings. The molecule has 1 atom stereocenters. The number of likely N-dealkylation sites (N-methyl/N-ethyl adjacent to an activating group) is 1. The van der Waals surface area contributed by atoms with Gasteiger partial charge in [-0.3, -0.25) is 14.7 Å². The number of hydrogen-bond donors (Lipinski definition) is 1. The van der Waals surface area contributed by atoms with Crippen LogP contribution in [0.3, 0.4) is 0 Å². The van der Waals surface area contributed by atoms with Crippen LogP contribution in [0.1, 0.15) is 18.2 Å². The first-order valence-corrected chi connectivity index (χ1v) is 7.68. The molecular formula is C16H26N4O. The van der Waals surface area contributed by atoms with Crippen molar-refractivity contribution in [2.75, 3.05) is 39.8 Å². The van der Waals surface area contributed by atoms with Crippen LogP contribution in [0.4, 0.5) is 0 Å². The highest BCUT2D eigenvalue weighted by Crippen LogP contribution is 2.06. The van der Waals surface area contributed by atoms with Crippen molar-refractivity contribution in [1.82, 2.24) is 20.1 Å². The second-order valence-corrected chi connectivity index (χ2v) is 5.82. The lowest BCUT2D eigenvalue weighted by atomic mass is 10.1. The number of nitrogens with one attached hydrogen (secondary N) is 1. The van der Waals surface area contributed by atoms with Crippen molar-refractivity contribution in [3.8, 4) is 0 Å². The van der Waals surface area contributed by atoms with Gasteiger partial charge in [-0.2, -0.15) is 0 Å². The van der Waals surface area contributed by atoms with Crippen LogP contribution in [-0.2, 0) is 11.2 Å². The monoisotopic (exact) mass is 290 g/mol. The predicted octanol–water partition coefficient (Wildman–Crippen LogP) is 0.685. The number of aryl methyl sites for hydroxylation is 1. The van der Waals surface area contributed by atoms with Gasteiger partial charge in [0.2, 0.25) is 5.91 Å².